The summed E-state index contributed by atoms with van der Waals surface area (Å²) in [6.07, 6.45) is 8.84. The van der Waals surface area contributed by atoms with Crippen LogP contribution in [0.5, 0.6) is 5.75 Å². The van der Waals surface area contributed by atoms with E-state index in [-0.39, 0.29) is 6.10 Å². The van der Waals surface area contributed by atoms with Crippen molar-refractivity contribution in [2.24, 2.45) is 5.73 Å². The lowest BCUT2D eigenvalue weighted by molar-refractivity contribution is 0.196. The lowest BCUT2D eigenvalue weighted by atomic mass is 9.96. The van der Waals surface area contributed by atoms with Gasteiger partial charge in [0.15, 0.2) is 0 Å². The molecule has 0 amide bonds. The van der Waals surface area contributed by atoms with Gasteiger partial charge in [0.1, 0.15) is 11.9 Å². The second-order valence-corrected chi connectivity index (χ2v) is 6.24. The minimum absolute atomic E-state index is 0.269. The molecule has 1 aliphatic rings. The van der Waals surface area contributed by atoms with Crippen LogP contribution in [0.4, 0.5) is 0 Å². The second kappa shape index (κ2) is 8.76. The average Bonchev–Trinajstić information content (AvgIpc) is 3.09. The van der Waals surface area contributed by atoms with E-state index in [2.05, 4.69) is 60.5 Å². The topological polar surface area (TPSA) is 35.2 Å². The van der Waals surface area contributed by atoms with E-state index < -0.39 is 0 Å². The molecule has 0 aliphatic heterocycles. The molecule has 0 bridgehead atoms. The van der Waals surface area contributed by atoms with Crippen molar-refractivity contribution in [1.29, 1.82) is 0 Å². The number of hydrogen-bond acceptors (Lipinski definition) is 3. The molecule has 1 aromatic carbocycles. The molecule has 0 saturated carbocycles. The number of nitrogens with two attached hydrogens (primary N) is 1. The molecule has 0 saturated heterocycles. The third kappa shape index (κ3) is 4.21. The summed E-state index contributed by atoms with van der Waals surface area (Å²) in [6.45, 7) is 2.20. The Bertz CT molecular complexity index is 589. The Hall–Kier alpha value is -1.58. The summed E-state index contributed by atoms with van der Waals surface area (Å²) in [7, 11) is 1.50. The first-order chi connectivity index (χ1) is 10.9. The van der Waals surface area contributed by atoms with Gasteiger partial charge < -0.3 is 10.5 Å². The van der Waals surface area contributed by atoms with Crippen molar-refractivity contribution >= 4 is 11.3 Å². The number of ether oxygens (including phenoxy) is 1. The maximum absolute atomic E-state index is 6.31. The SMILES string of the molecule is CCC(Cc1cccs1)Oc1cccc2c1CC=CC2.CN. The van der Waals surface area contributed by atoms with Crippen molar-refractivity contribution in [2.45, 2.75) is 38.7 Å². The van der Waals surface area contributed by atoms with Crippen LogP contribution in [-0.4, -0.2) is 13.2 Å². The highest BCUT2D eigenvalue weighted by molar-refractivity contribution is 7.09. The summed E-state index contributed by atoms with van der Waals surface area (Å²) in [4.78, 5) is 1.40. The number of benzene rings is 1. The molecule has 0 radical (unpaired) electrons. The van der Waals surface area contributed by atoms with E-state index in [4.69, 9.17) is 4.74 Å². The predicted molar refractivity (Wildman–Crippen MR) is 95.8 cm³/mol. The van der Waals surface area contributed by atoms with Gasteiger partial charge in [-0.3, -0.25) is 0 Å². The molecule has 2 N–H and O–H groups in total. The van der Waals surface area contributed by atoms with Gasteiger partial charge in [-0.05, 0) is 49.4 Å². The Balaban J connectivity index is 0.000000847. The molecule has 118 valence electrons. The maximum Gasteiger partial charge on any atom is 0.123 e. The summed E-state index contributed by atoms with van der Waals surface area (Å²) in [5.74, 6) is 1.08. The van der Waals surface area contributed by atoms with Crippen molar-refractivity contribution in [2.75, 3.05) is 7.05 Å². The molecule has 2 nitrogen and oxygen atoms in total. The van der Waals surface area contributed by atoms with E-state index in [1.54, 1.807) is 0 Å². The molecule has 2 aromatic rings. The molecule has 0 spiro atoms. The molecule has 1 aliphatic carbocycles. The average molecular weight is 315 g/mol. The minimum atomic E-state index is 0.269. The standard InChI is InChI=1S/C18H20OS.CH5N/c1-2-15(13-16-9-6-12-20-16)19-18-11-5-8-14-7-3-4-10-17(14)18;1-2/h3-6,8-9,11-12,15H,2,7,10,13H2,1H3;2H2,1H3. The van der Waals surface area contributed by atoms with Gasteiger partial charge in [0.2, 0.25) is 0 Å². The van der Waals surface area contributed by atoms with Crippen LogP contribution in [0.1, 0.15) is 29.3 Å². The number of fused-ring (bicyclic) bond motifs is 1. The van der Waals surface area contributed by atoms with E-state index >= 15 is 0 Å². The third-order valence-corrected chi connectivity index (χ3v) is 4.71. The molecule has 3 heteroatoms. The Morgan fingerprint density at radius 2 is 1.95 bits per heavy atom. The number of thiophene rings is 1. The highest BCUT2D eigenvalue weighted by atomic mass is 32.1. The van der Waals surface area contributed by atoms with Gasteiger partial charge >= 0.3 is 0 Å². The lowest BCUT2D eigenvalue weighted by Gasteiger charge is -2.21. The zero-order valence-electron chi connectivity index (χ0n) is 13.4. The van der Waals surface area contributed by atoms with E-state index in [0.29, 0.717) is 0 Å². The van der Waals surface area contributed by atoms with Crippen LogP contribution in [0.2, 0.25) is 0 Å². The molecule has 22 heavy (non-hydrogen) atoms. The second-order valence-electron chi connectivity index (χ2n) is 5.21. The number of allylic oxidation sites excluding steroid dienone is 2. The molecular weight excluding hydrogens is 290 g/mol. The highest BCUT2D eigenvalue weighted by Gasteiger charge is 2.15. The molecule has 1 heterocycles. The van der Waals surface area contributed by atoms with Gasteiger partial charge in [0.05, 0.1) is 0 Å². The summed E-state index contributed by atoms with van der Waals surface area (Å²) >= 11 is 1.81. The quantitative estimate of drug-likeness (QED) is 0.831. The Morgan fingerprint density at radius 1 is 1.14 bits per heavy atom. The maximum atomic E-state index is 6.31. The van der Waals surface area contributed by atoms with Gasteiger partial charge in [-0.2, -0.15) is 0 Å². The third-order valence-electron chi connectivity index (χ3n) is 3.81. The fraction of sp³-hybridized carbons (Fsp3) is 0.368. The Kier molecular flexibility index (Phi) is 6.69. The fourth-order valence-electron chi connectivity index (χ4n) is 2.66. The summed E-state index contributed by atoms with van der Waals surface area (Å²) < 4.78 is 6.31. The first-order valence-electron chi connectivity index (χ1n) is 7.89. The zero-order chi connectivity index (χ0) is 15.8. The van der Waals surface area contributed by atoms with E-state index in [1.165, 1.54) is 23.1 Å². The number of hydrogen-bond donors (Lipinski definition) is 1. The summed E-state index contributed by atoms with van der Waals surface area (Å²) in [5, 5.41) is 2.14. The van der Waals surface area contributed by atoms with Crippen molar-refractivity contribution in [1.82, 2.24) is 0 Å². The van der Waals surface area contributed by atoms with Crippen molar-refractivity contribution < 1.29 is 4.74 Å². The van der Waals surface area contributed by atoms with Crippen LogP contribution in [0.15, 0.2) is 47.9 Å². The van der Waals surface area contributed by atoms with Crippen LogP contribution in [0, 0.1) is 0 Å². The largest absolute Gasteiger partial charge is 0.490 e. The van der Waals surface area contributed by atoms with Crippen molar-refractivity contribution in [3.63, 3.8) is 0 Å². The van der Waals surface area contributed by atoms with E-state index in [9.17, 15) is 0 Å². The number of rotatable bonds is 5. The van der Waals surface area contributed by atoms with Gasteiger partial charge in [-0.15, -0.1) is 11.3 Å². The molecule has 1 unspecified atom stereocenters. The first kappa shape index (κ1) is 16.8. The summed E-state index contributed by atoms with van der Waals surface area (Å²) in [6, 6.07) is 10.8. The van der Waals surface area contributed by atoms with Crippen LogP contribution in [0.3, 0.4) is 0 Å². The molecule has 3 rings (SSSR count). The Labute approximate surface area is 137 Å². The molecular formula is C19H25NOS. The van der Waals surface area contributed by atoms with Crippen molar-refractivity contribution in [3.8, 4) is 5.75 Å². The zero-order valence-corrected chi connectivity index (χ0v) is 14.2. The van der Waals surface area contributed by atoms with Gasteiger partial charge in [-0.1, -0.05) is 37.3 Å². The van der Waals surface area contributed by atoms with Crippen molar-refractivity contribution in [3.05, 3.63) is 63.9 Å². The molecule has 1 atom stereocenters. The van der Waals surface area contributed by atoms with Crippen LogP contribution in [0.25, 0.3) is 0 Å². The van der Waals surface area contributed by atoms with Crippen LogP contribution < -0.4 is 10.5 Å². The van der Waals surface area contributed by atoms with E-state index in [1.807, 2.05) is 11.3 Å². The molecule has 1 aromatic heterocycles. The summed E-state index contributed by atoms with van der Waals surface area (Å²) in [5.41, 5.74) is 7.29. The van der Waals surface area contributed by atoms with Crippen LogP contribution >= 0.6 is 11.3 Å². The Morgan fingerprint density at radius 3 is 2.68 bits per heavy atom. The van der Waals surface area contributed by atoms with Gasteiger partial charge in [0, 0.05) is 16.9 Å². The van der Waals surface area contributed by atoms with Gasteiger partial charge in [-0.25, -0.2) is 0 Å². The van der Waals surface area contributed by atoms with E-state index in [0.717, 1.165) is 31.4 Å². The minimum Gasteiger partial charge on any atom is -0.490 e. The first-order valence-corrected chi connectivity index (χ1v) is 8.77. The molecule has 0 fully saturated rings. The normalized spacial score (nSPS) is 13.8. The fourth-order valence-corrected chi connectivity index (χ4v) is 3.43. The predicted octanol–water partition coefficient (Wildman–Crippen LogP) is 4.38. The van der Waals surface area contributed by atoms with Crippen LogP contribution in [-0.2, 0) is 19.3 Å². The highest BCUT2D eigenvalue weighted by Crippen LogP contribution is 2.28. The van der Waals surface area contributed by atoms with Gasteiger partial charge in [0.25, 0.3) is 0 Å². The lowest BCUT2D eigenvalue weighted by Crippen LogP contribution is -2.19. The monoisotopic (exact) mass is 315 g/mol. The smallest absolute Gasteiger partial charge is 0.123 e.